The highest BCUT2D eigenvalue weighted by molar-refractivity contribution is 5.73. The topological polar surface area (TPSA) is 92.7 Å². The van der Waals surface area contributed by atoms with Crippen LogP contribution >= 0.6 is 0 Å². The number of rotatable bonds is 8. The molecule has 0 saturated heterocycles. The van der Waals surface area contributed by atoms with Crippen molar-refractivity contribution in [3.63, 3.8) is 0 Å². The second kappa shape index (κ2) is 6.74. The number of nitrogens with one attached hydrogen (secondary N) is 2. The summed E-state index contributed by atoms with van der Waals surface area (Å²) in [4.78, 5) is 28.8. The normalized spacial score (nSPS) is 17.8. The molecule has 7 heteroatoms. The van der Waals surface area contributed by atoms with E-state index in [0.717, 1.165) is 18.7 Å². The van der Waals surface area contributed by atoms with Crippen LogP contribution < -0.4 is 10.6 Å². The average Bonchev–Trinajstić information content (AvgIpc) is 3.53. The van der Waals surface area contributed by atoms with Gasteiger partial charge in [-0.15, -0.1) is 0 Å². The number of nitrogens with zero attached hydrogens (tertiary/aromatic N) is 4. The van der Waals surface area contributed by atoms with Crippen molar-refractivity contribution in [2.24, 2.45) is 11.8 Å². The van der Waals surface area contributed by atoms with Gasteiger partial charge in [-0.25, -0.2) is 4.98 Å². The van der Waals surface area contributed by atoms with Crippen molar-refractivity contribution in [1.29, 1.82) is 0 Å². The van der Waals surface area contributed by atoms with Crippen molar-refractivity contribution in [1.82, 2.24) is 19.9 Å². The summed E-state index contributed by atoms with van der Waals surface area (Å²) in [5.41, 5.74) is 0.940. The molecule has 0 bridgehead atoms. The standard InChI is InChI=1S/C18H22N6O/c1-11(13-7-8-13)20-18-23-16(15-4-2-3-14(10-25)21-15)22-17(24-18)19-9-12-5-6-12/h2-4,10-13H,5-9H2,1H3,(H2,19,20,22,23,24). The predicted molar refractivity (Wildman–Crippen MR) is 95.5 cm³/mol. The first-order chi connectivity index (χ1) is 12.2. The van der Waals surface area contributed by atoms with Gasteiger partial charge in [-0.05, 0) is 56.6 Å². The number of pyridine rings is 1. The summed E-state index contributed by atoms with van der Waals surface area (Å²) >= 11 is 0. The lowest BCUT2D eigenvalue weighted by atomic mass is 10.2. The molecule has 0 spiro atoms. The van der Waals surface area contributed by atoms with Gasteiger partial charge in [0.05, 0.1) is 0 Å². The van der Waals surface area contributed by atoms with Crippen LogP contribution in [0, 0.1) is 11.8 Å². The first kappa shape index (κ1) is 15.9. The number of aromatic nitrogens is 4. The molecule has 2 aromatic heterocycles. The van der Waals surface area contributed by atoms with E-state index in [1.807, 2.05) is 0 Å². The summed E-state index contributed by atoms with van der Waals surface area (Å²) in [6, 6.07) is 5.59. The summed E-state index contributed by atoms with van der Waals surface area (Å²) in [5, 5.41) is 6.69. The zero-order valence-electron chi connectivity index (χ0n) is 14.3. The SMILES string of the molecule is CC(Nc1nc(NCC2CC2)nc(-c2cccc(C=O)n2)n1)C1CC1. The van der Waals surface area contributed by atoms with Crippen LogP contribution in [-0.4, -0.2) is 38.8 Å². The van der Waals surface area contributed by atoms with Crippen LogP contribution in [0.15, 0.2) is 18.2 Å². The molecule has 7 nitrogen and oxygen atoms in total. The molecule has 0 amide bonds. The van der Waals surface area contributed by atoms with Gasteiger partial charge in [0.25, 0.3) is 0 Å². The molecule has 2 N–H and O–H groups in total. The van der Waals surface area contributed by atoms with Crippen LogP contribution in [0.2, 0.25) is 0 Å². The monoisotopic (exact) mass is 338 g/mol. The Balaban J connectivity index is 1.62. The van der Waals surface area contributed by atoms with E-state index in [1.165, 1.54) is 25.7 Å². The molecule has 0 aliphatic heterocycles. The zero-order valence-corrected chi connectivity index (χ0v) is 14.3. The van der Waals surface area contributed by atoms with Gasteiger partial charge in [-0.2, -0.15) is 15.0 Å². The Morgan fingerprint density at radius 3 is 2.64 bits per heavy atom. The van der Waals surface area contributed by atoms with E-state index in [2.05, 4.69) is 37.5 Å². The van der Waals surface area contributed by atoms with Crippen LogP contribution in [-0.2, 0) is 0 Å². The van der Waals surface area contributed by atoms with Crippen molar-refractivity contribution in [2.75, 3.05) is 17.2 Å². The van der Waals surface area contributed by atoms with E-state index in [-0.39, 0.29) is 0 Å². The molecule has 0 radical (unpaired) electrons. The largest absolute Gasteiger partial charge is 0.354 e. The van der Waals surface area contributed by atoms with Gasteiger partial charge in [0, 0.05) is 12.6 Å². The Morgan fingerprint density at radius 2 is 1.92 bits per heavy atom. The molecule has 2 aromatic rings. The fourth-order valence-corrected chi connectivity index (χ4v) is 2.75. The Hall–Kier alpha value is -2.57. The van der Waals surface area contributed by atoms with Crippen molar-refractivity contribution in [3.05, 3.63) is 23.9 Å². The average molecular weight is 338 g/mol. The summed E-state index contributed by atoms with van der Waals surface area (Å²) in [6.45, 7) is 3.03. The van der Waals surface area contributed by atoms with Gasteiger partial charge in [0.2, 0.25) is 11.9 Å². The first-order valence-corrected chi connectivity index (χ1v) is 8.90. The summed E-state index contributed by atoms with van der Waals surface area (Å²) < 4.78 is 0. The van der Waals surface area contributed by atoms with Crippen LogP contribution in [0.1, 0.15) is 43.1 Å². The van der Waals surface area contributed by atoms with Crippen LogP contribution in [0.25, 0.3) is 11.5 Å². The lowest BCUT2D eigenvalue weighted by Gasteiger charge is -2.14. The van der Waals surface area contributed by atoms with E-state index in [4.69, 9.17) is 0 Å². The van der Waals surface area contributed by atoms with Gasteiger partial charge in [-0.3, -0.25) is 4.79 Å². The van der Waals surface area contributed by atoms with Crippen LogP contribution in [0.3, 0.4) is 0 Å². The Bertz CT molecular complexity index is 772. The second-order valence-corrected chi connectivity index (χ2v) is 6.97. The lowest BCUT2D eigenvalue weighted by molar-refractivity contribution is 0.111. The third-order valence-corrected chi connectivity index (χ3v) is 4.69. The first-order valence-electron chi connectivity index (χ1n) is 8.90. The lowest BCUT2D eigenvalue weighted by Crippen LogP contribution is -2.20. The molecule has 2 saturated carbocycles. The van der Waals surface area contributed by atoms with Crippen LogP contribution in [0.4, 0.5) is 11.9 Å². The van der Waals surface area contributed by atoms with Gasteiger partial charge in [0.1, 0.15) is 11.4 Å². The summed E-state index contributed by atoms with van der Waals surface area (Å²) in [5.74, 6) is 3.00. The minimum Gasteiger partial charge on any atom is -0.354 e. The number of carbonyl (C=O) groups excluding carboxylic acids is 1. The fourth-order valence-electron chi connectivity index (χ4n) is 2.75. The third kappa shape index (κ3) is 4.10. The van der Waals surface area contributed by atoms with E-state index < -0.39 is 0 Å². The smallest absolute Gasteiger partial charge is 0.228 e. The fraction of sp³-hybridized carbons (Fsp3) is 0.500. The number of aldehydes is 1. The summed E-state index contributed by atoms with van der Waals surface area (Å²) in [6.07, 6.45) is 5.75. The molecule has 2 heterocycles. The van der Waals surface area contributed by atoms with E-state index in [1.54, 1.807) is 18.2 Å². The van der Waals surface area contributed by atoms with Crippen LogP contribution in [0.5, 0.6) is 0 Å². The molecule has 2 aliphatic carbocycles. The minimum absolute atomic E-state index is 0.334. The van der Waals surface area contributed by atoms with Crippen molar-refractivity contribution < 1.29 is 4.79 Å². The highest BCUT2D eigenvalue weighted by Gasteiger charge is 2.28. The quantitative estimate of drug-likeness (QED) is 0.715. The summed E-state index contributed by atoms with van der Waals surface area (Å²) in [7, 11) is 0. The van der Waals surface area contributed by atoms with Gasteiger partial charge in [-0.1, -0.05) is 6.07 Å². The van der Waals surface area contributed by atoms with E-state index >= 15 is 0 Å². The maximum absolute atomic E-state index is 11.0. The molecule has 2 fully saturated rings. The number of anilines is 2. The van der Waals surface area contributed by atoms with E-state index in [9.17, 15) is 4.79 Å². The number of carbonyl (C=O) groups is 1. The Morgan fingerprint density at radius 1 is 1.12 bits per heavy atom. The molecule has 2 aliphatic rings. The molecule has 1 atom stereocenters. The van der Waals surface area contributed by atoms with Gasteiger partial charge in [0.15, 0.2) is 12.1 Å². The van der Waals surface area contributed by atoms with Crippen molar-refractivity contribution in [2.45, 2.75) is 38.6 Å². The molecule has 1 unspecified atom stereocenters. The minimum atomic E-state index is 0.334. The van der Waals surface area contributed by atoms with Crippen molar-refractivity contribution in [3.8, 4) is 11.5 Å². The molecular formula is C18H22N6O. The van der Waals surface area contributed by atoms with Gasteiger partial charge < -0.3 is 10.6 Å². The predicted octanol–water partition coefficient (Wildman–Crippen LogP) is 2.78. The maximum Gasteiger partial charge on any atom is 0.228 e. The molecular weight excluding hydrogens is 316 g/mol. The third-order valence-electron chi connectivity index (χ3n) is 4.69. The Labute approximate surface area is 146 Å². The highest BCUT2D eigenvalue weighted by Crippen LogP contribution is 2.34. The van der Waals surface area contributed by atoms with Crippen molar-refractivity contribution >= 4 is 18.2 Å². The van der Waals surface area contributed by atoms with Gasteiger partial charge >= 0.3 is 0 Å². The second-order valence-electron chi connectivity index (χ2n) is 6.97. The zero-order chi connectivity index (χ0) is 17.2. The maximum atomic E-state index is 11.0. The number of hydrogen-bond donors (Lipinski definition) is 2. The molecule has 130 valence electrons. The molecule has 0 aromatic carbocycles. The highest BCUT2D eigenvalue weighted by atomic mass is 16.1. The van der Waals surface area contributed by atoms with E-state index in [0.29, 0.717) is 41.1 Å². The Kier molecular flexibility index (Phi) is 4.29. The molecule has 4 rings (SSSR count). The molecule has 25 heavy (non-hydrogen) atoms. The number of hydrogen-bond acceptors (Lipinski definition) is 7.